The van der Waals surface area contributed by atoms with E-state index in [4.69, 9.17) is 45.0 Å². The standard InChI is InChI=1S/C30H19B5N8O2/c1-14(39-29(44)20-27(36)40-42-12-4-10-37-28(20)42)18-13-16-6-3-5-15(7-8-17-9-11-38-41(17)2)19(16)30(45)43(18)26-24(34)22(32)21(31)23(33)25(26)35/h3-6,9-14H,1-2H3,(H2,36,40)(H,39,44). The van der Waals surface area contributed by atoms with Crippen LogP contribution in [0, 0.1) is 11.8 Å². The van der Waals surface area contributed by atoms with Crippen molar-refractivity contribution in [2.24, 2.45) is 7.05 Å². The molecule has 10 radical (unpaired) electrons. The average Bonchev–Trinajstić information content (AvgIpc) is 3.59. The number of carbonyl (C=O) groups is 1. The fraction of sp³-hybridized carbons (Fsp3) is 0.100. The Morgan fingerprint density at radius 3 is 2.38 bits per heavy atom. The number of anilines is 1. The molecule has 0 saturated heterocycles. The largest absolute Gasteiger partial charge is 0.381 e. The van der Waals surface area contributed by atoms with Crippen molar-refractivity contribution < 1.29 is 4.79 Å². The van der Waals surface area contributed by atoms with Crippen molar-refractivity contribution in [3.8, 4) is 17.5 Å². The molecule has 2 aromatic carbocycles. The zero-order valence-corrected chi connectivity index (χ0v) is 24.2. The van der Waals surface area contributed by atoms with Crippen LogP contribution in [0.25, 0.3) is 22.1 Å². The molecule has 0 bridgehead atoms. The zero-order chi connectivity index (χ0) is 32.2. The third-order valence-electron chi connectivity index (χ3n) is 7.56. The topological polar surface area (TPSA) is 125 Å². The number of rotatable bonds is 4. The number of nitrogens with zero attached hydrogens (tertiary/aromatic N) is 6. The highest BCUT2D eigenvalue weighted by Gasteiger charge is 2.25. The number of nitrogens with two attached hydrogens (primary N) is 1. The number of aromatic nitrogens is 6. The van der Waals surface area contributed by atoms with E-state index in [9.17, 15) is 9.59 Å². The van der Waals surface area contributed by atoms with Crippen LogP contribution < -0.4 is 43.9 Å². The highest BCUT2D eigenvalue weighted by Crippen LogP contribution is 2.23. The van der Waals surface area contributed by atoms with Crippen molar-refractivity contribution in [1.29, 1.82) is 0 Å². The summed E-state index contributed by atoms with van der Waals surface area (Å²) in [5.41, 5.74) is 7.10. The van der Waals surface area contributed by atoms with Crippen LogP contribution in [0.4, 0.5) is 5.82 Å². The number of amides is 1. The summed E-state index contributed by atoms with van der Waals surface area (Å²) in [6.07, 6.45) is 4.77. The molecule has 0 aliphatic heterocycles. The van der Waals surface area contributed by atoms with Crippen LogP contribution >= 0.6 is 0 Å². The molecule has 15 heteroatoms. The first kappa shape index (κ1) is 29.7. The van der Waals surface area contributed by atoms with Crippen molar-refractivity contribution in [2.75, 3.05) is 5.73 Å². The maximum atomic E-state index is 14.6. The number of fused-ring (bicyclic) bond motifs is 2. The molecular weight excluding hydrogens is 558 g/mol. The van der Waals surface area contributed by atoms with Crippen molar-refractivity contribution in [2.45, 2.75) is 13.0 Å². The summed E-state index contributed by atoms with van der Waals surface area (Å²) in [6, 6.07) is 9.59. The number of hydrogen-bond acceptors (Lipinski definition) is 6. The summed E-state index contributed by atoms with van der Waals surface area (Å²) in [5, 5.41) is 12.0. The van der Waals surface area contributed by atoms with Gasteiger partial charge in [0.15, 0.2) is 11.5 Å². The molecule has 0 spiro atoms. The summed E-state index contributed by atoms with van der Waals surface area (Å²) < 4.78 is 4.29. The molecule has 0 aliphatic carbocycles. The molecule has 0 saturated carbocycles. The molecule has 3 N–H and O–H groups in total. The molecule has 1 amide bonds. The number of nitrogen functional groups attached to an aromatic ring is 1. The van der Waals surface area contributed by atoms with Crippen LogP contribution in [0.15, 0.2) is 59.8 Å². The maximum Gasteiger partial charge on any atom is 0.264 e. The van der Waals surface area contributed by atoms with E-state index < -0.39 is 17.5 Å². The highest BCUT2D eigenvalue weighted by atomic mass is 16.2. The molecule has 206 valence electrons. The van der Waals surface area contributed by atoms with Gasteiger partial charge in [0.1, 0.15) is 50.5 Å². The fourth-order valence-electron chi connectivity index (χ4n) is 5.20. The van der Waals surface area contributed by atoms with Crippen LogP contribution in [0.3, 0.4) is 0 Å². The molecule has 6 rings (SSSR count). The van der Waals surface area contributed by atoms with Gasteiger partial charge in [-0.3, -0.25) is 18.8 Å². The summed E-state index contributed by atoms with van der Waals surface area (Å²) in [7, 11) is 33.1. The van der Waals surface area contributed by atoms with Gasteiger partial charge in [0, 0.05) is 36.4 Å². The average molecular weight is 578 g/mol. The van der Waals surface area contributed by atoms with Crippen molar-refractivity contribution in [1.82, 2.24) is 34.3 Å². The Hall–Kier alpha value is -5.37. The Balaban J connectivity index is 1.59. The minimum absolute atomic E-state index is 0.00992. The SMILES string of the molecule is [B]c1c([B])c([B])c(-n2c(C(C)NC(=O)c3c(N)nn4cccnc34)cc3cccc(C#Cc4ccnn4C)c3c2=O)c([B])c1[B]. The molecule has 4 heterocycles. The van der Waals surface area contributed by atoms with Gasteiger partial charge < -0.3 is 11.1 Å². The van der Waals surface area contributed by atoms with Gasteiger partial charge in [-0.25, -0.2) is 9.50 Å². The number of carbonyl (C=O) groups excluding carboxylic acids is 1. The minimum Gasteiger partial charge on any atom is -0.381 e. The number of hydrogen-bond donors (Lipinski definition) is 2. The molecule has 1 atom stereocenters. The summed E-state index contributed by atoms with van der Waals surface area (Å²) >= 11 is 0. The second-order valence-corrected chi connectivity index (χ2v) is 10.3. The van der Waals surface area contributed by atoms with Crippen molar-refractivity contribution in [3.05, 3.63) is 87.9 Å². The number of aryl methyl sites for hydroxylation is 1. The van der Waals surface area contributed by atoms with Crippen LogP contribution in [0.5, 0.6) is 0 Å². The Bertz CT molecular complexity index is 2290. The predicted molar refractivity (Wildman–Crippen MR) is 179 cm³/mol. The van der Waals surface area contributed by atoms with Gasteiger partial charge >= 0.3 is 0 Å². The first-order valence-electron chi connectivity index (χ1n) is 13.6. The van der Waals surface area contributed by atoms with E-state index in [-0.39, 0.29) is 55.4 Å². The molecule has 6 aromatic rings. The van der Waals surface area contributed by atoms with Gasteiger partial charge in [0.05, 0.1) is 17.6 Å². The van der Waals surface area contributed by atoms with Gasteiger partial charge in [-0.05, 0) is 42.5 Å². The van der Waals surface area contributed by atoms with E-state index in [1.165, 1.54) is 15.3 Å². The second-order valence-electron chi connectivity index (χ2n) is 10.3. The molecule has 45 heavy (non-hydrogen) atoms. The highest BCUT2D eigenvalue weighted by molar-refractivity contribution is 6.68. The predicted octanol–water partition coefficient (Wildman–Crippen LogP) is -2.79. The number of pyridine rings is 1. The molecule has 0 fully saturated rings. The van der Waals surface area contributed by atoms with Gasteiger partial charge in [-0.15, -0.1) is 21.5 Å². The van der Waals surface area contributed by atoms with Crippen LogP contribution in [-0.4, -0.2) is 74.1 Å². The van der Waals surface area contributed by atoms with Gasteiger partial charge in [0.2, 0.25) is 0 Å². The Morgan fingerprint density at radius 2 is 1.69 bits per heavy atom. The summed E-state index contributed by atoms with van der Waals surface area (Å²) in [4.78, 5) is 32.4. The smallest absolute Gasteiger partial charge is 0.264 e. The second kappa shape index (κ2) is 11.3. The van der Waals surface area contributed by atoms with E-state index in [1.54, 1.807) is 67.4 Å². The minimum atomic E-state index is -0.823. The maximum absolute atomic E-state index is 14.6. The van der Waals surface area contributed by atoms with Gasteiger partial charge in [-0.1, -0.05) is 29.0 Å². The van der Waals surface area contributed by atoms with Crippen molar-refractivity contribution >= 4 is 94.7 Å². The lowest BCUT2D eigenvalue weighted by Crippen LogP contribution is -2.57. The molecule has 1 unspecified atom stereocenters. The number of nitrogens with one attached hydrogen (secondary N) is 1. The van der Waals surface area contributed by atoms with E-state index in [0.29, 0.717) is 22.3 Å². The Labute approximate surface area is 264 Å². The van der Waals surface area contributed by atoms with E-state index in [0.717, 1.165) is 0 Å². The number of benzene rings is 2. The Morgan fingerprint density at radius 1 is 0.978 bits per heavy atom. The lowest BCUT2D eigenvalue weighted by Gasteiger charge is -2.27. The third-order valence-corrected chi connectivity index (χ3v) is 7.56. The molecule has 4 aromatic heterocycles. The normalized spacial score (nSPS) is 11.8. The molecule has 0 aliphatic rings. The summed E-state index contributed by atoms with van der Waals surface area (Å²) in [5.74, 6) is 5.54. The molecule has 10 nitrogen and oxygen atoms in total. The fourth-order valence-corrected chi connectivity index (χ4v) is 5.20. The van der Waals surface area contributed by atoms with Crippen LogP contribution in [0.1, 0.15) is 40.3 Å². The first-order valence-corrected chi connectivity index (χ1v) is 13.6. The monoisotopic (exact) mass is 578 g/mol. The van der Waals surface area contributed by atoms with E-state index in [1.807, 2.05) is 0 Å². The van der Waals surface area contributed by atoms with E-state index >= 15 is 0 Å². The van der Waals surface area contributed by atoms with Crippen LogP contribution in [-0.2, 0) is 7.05 Å². The lowest BCUT2D eigenvalue weighted by atomic mass is 9.61. The van der Waals surface area contributed by atoms with Crippen LogP contribution in [0.2, 0.25) is 0 Å². The Kier molecular flexibility index (Phi) is 7.45. The quantitative estimate of drug-likeness (QED) is 0.173. The third kappa shape index (κ3) is 4.92. The van der Waals surface area contributed by atoms with E-state index in [2.05, 4.69) is 32.3 Å². The zero-order valence-electron chi connectivity index (χ0n) is 24.2. The lowest BCUT2D eigenvalue weighted by molar-refractivity contribution is 0.0941. The first-order chi connectivity index (χ1) is 21.5. The van der Waals surface area contributed by atoms with Gasteiger partial charge in [0.25, 0.3) is 11.5 Å². The van der Waals surface area contributed by atoms with Gasteiger partial charge in [-0.2, -0.15) is 5.10 Å². The summed E-state index contributed by atoms with van der Waals surface area (Å²) in [6.45, 7) is 1.69. The molecular formula is C30H19B5N8O2. The van der Waals surface area contributed by atoms with Crippen molar-refractivity contribution in [3.63, 3.8) is 0 Å².